The van der Waals surface area contributed by atoms with E-state index in [4.69, 9.17) is 0 Å². The van der Waals surface area contributed by atoms with E-state index in [1.54, 1.807) is 11.3 Å². The lowest BCUT2D eigenvalue weighted by Crippen LogP contribution is -2.12. The fourth-order valence-corrected chi connectivity index (χ4v) is 2.44. The van der Waals surface area contributed by atoms with Gasteiger partial charge in [0.05, 0.1) is 17.5 Å². The van der Waals surface area contributed by atoms with Gasteiger partial charge in [-0.25, -0.2) is 4.98 Å². The molecule has 0 saturated carbocycles. The van der Waals surface area contributed by atoms with Crippen LogP contribution in [0.2, 0.25) is 0 Å². The summed E-state index contributed by atoms with van der Waals surface area (Å²) in [5.74, 6) is 0. The molecule has 2 heterocycles. The molecular weight excluding hydrogens is 220 g/mol. The second kappa shape index (κ2) is 4.35. The van der Waals surface area contributed by atoms with E-state index in [0.29, 0.717) is 6.04 Å². The minimum Gasteiger partial charge on any atom is -0.312 e. The lowest BCUT2D eigenvalue weighted by molar-refractivity contribution is 0.637. The standard InChI is InChI=1S/C11H16N4S/c1-7(12-3)10-6-16-11(14-10)9-5-13-15(4)8(9)2/h5-7,12H,1-4H3. The lowest BCUT2D eigenvalue weighted by Gasteiger charge is -2.04. The molecule has 0 bridgehead atoms. The summed E-state index contributed by atoms with van der Waals surface area (Å²) in [5.41, 5.74) is 3.37. The third kappa shape index (κ3) is 1.88. The number of aromatic nitrogens is 3. The number of hydrogen-bond acceptors (Lipinski definition) is 4. The molecule has 1 unspecified atom stereocenters. The van der Waals surface area contributed by atoms with Gasteiger partial charge in [0.1, 0.15) is 5.01 Å². The first-order chi connectivity index (χ1) is 7.63. The molecule has 4 nitrogen and oxygen atoms in total. The second-order valence-corrected chi connectivity index (χ2v) is 4.71. The molecule has 0 saturated heterocycles. The van der Waals surface area contributed by atoms with Crippen LogP contribution in [-0.4, -0.2) is 21.8 Å². The van der Waals surface area contributed by atoms with Crippen molar-refractivity contribution in [1.82, 2.24) is 20.1 Å². The first-order valence-electron chi connectivity index (χ1n) is 5.25. The predicted molar refractivity (Wildman–Crippen MR) is 66.5 cm³/mol. The number of hydrogen-bond donors (Lipinski definition) is 1. The topological polar surface area (TPSA) is 42.7 Å². The third-order valence-corrected chi connectivity index (χ3v) is 3.76. The fourth-order valence-electron chi connectivity index (χ4n) is 1.47. The Morgan fingerprint density at radius 3 is 2.81 bits per heavy atom. The minimum atomic E-state index is 0.293. The molecule has 1 N–H and O–H groups in total. The number of rotatable bonds is 3. The Morgan fingerprint density at radius 2 is 2.25 bits per heavy atom. The highest BCUT2D eigenvalue weighted by Gasteiger charge is 2.13. The Hall–Kier alpha value is -1.20. The van der Waals surface area contributed by atoms with E-state index in [1.165, 1.54) is 0 Å². The smallest absolute Gasteiger partial charge is 0.127 e. The van der Waals surface area contributed by atoms with E-state index in [2.05, 4.69) is 34.6 Å². The Bertz CT molecular complexity index is 486. The number of thiazole rings is 1. The summed E-state index contributed by atoms with van der Waals surface area (Å²) in [5, 5.41) is 10.6. The largest absolute Gasteiger partial charge is 0.312 e. The van der Waals surface area contributed by atoms with Gasteiger partial charge in [-0.1, -0.05) is 0 Å². The monoisotopic (exact) mass is 236 g/mol. The van der Waals surface area contributed by atoms with Crippen LogP contribution in [0.25, 0.3) is 10.6 Å². The molecule has 5 heteroatoms. The summed E-state index contributed by atoms with van der Waals surface area (Å²) in [6.45, 7) is 4.17. The zero-order chi connectivity index (χ0) is 11.7. The fraction of sp³-hybridized carbons (Fsp3) is 0.455. The van der Waals surface area contributed by atoms with Gasteiger partial charge in [-0.05, 0) is 20.9 Å². The SMILES string of the molecule is CNC(C)c1csc(-c2cnn(C)c2C)n1. The van der Waals surface area contributed by atoms with Crippen molar-refractivity contribution in [1.29, 1.82) is 0 Å². The van der Waals surface area contributed by atoms with Crippen LogP contribution in [0.1, 0.15) is 24.4 Å². The molecule has 1 atom stereocenters. The molecule has 2 rings (SSSR count). The highest BCUT2D eigenvalue weighted by atomic mass is 32.1. The molecule has 86 valence electrons. The minimum absolute atomic E-state index is 0.293. The summed E-state index contributed by atoms with van der Waals surface area (Å²) in [7, 11) is 3.89. The van der Waals surface area contributed by atoms with Crippen LogP contribution in [-0.2, 0) is 7.05 Å². The maximum absolute atomic E-state index is 4.63. The van der Waals surface area contributed by atoms with Crippen molar-refractivity contribution >= 4 is 11.3 Å². The van der Waals surface area contributed by atoms with Crippen LogP contribution in [0.3, 0.4) is 0 Å². The van der Waals surface area contributed by atoms with Gasteiger partial charge in [0.15, 0.2) is 0 Å². The number of nitrogens with zero attached hydrogens (tertiary/aromatic N) is 3. The molecule has 0 spiro atoms. The van der Waals surface area contributed by atoms with E-state index in [-0.39, 0.29) is 0 Å². The molecule has 16 heavy (non-hydrogen) atoms. The Morgan fingerprint density at radius 1 is 1.50 bits per heavy atom. The maximum Gasteiger partial charge on any atom is 0.127 e. The molecule has 0 aliphatic heterocycles. The number of nitrogens with one attached hydrogen (secondary N) is 1. The van der Waals surface area contributed by atoms with E-state index in [1.807, 2.05) is 25.0 Å². The van der Waals surface area contributed by atoms with Crippen LogP contribution in [0.15, 0.2) is 11.6 Å². The zero-order valence-electron chi connectivity index (χ0n) is 9.98. The molecule has 2 aromatic rings. The van der Waals surface area contributed by atoms with E-state index in [9.17, 15) is 0 Å². The molecule has 2 aromatic heterocycles. The van der Waals surface area contributed by atoms with Crippen molar-refractivity contribution in [3.05, 3.63) is 23.0 Å². The molecule has 0 fully saturated rings. The molecule has 0 amide bonds. The van der Waals surface area contributed by atoms with E-state index >= 15 is 0 Å². The van der Waals surface area contributed by atoms with Crippen LogP contribution in [0, 0.1) is 6.92 Å². The quantitative estimate of drug-likeness (QED) is 0.887. The number of aryl methyl sites for hydroxylation is 1. The van der Waals surface area contributed by atoms with Crippen LogP contribution in [0.4, 0.5) is 0 Å². The Kier molecular flexibility index (Phi) is 3.07. The highest BCUT2D eigenvalue weighted by Crippen LogP contribution is 2.27. The second-order valence-electron chi connectivity index (χ2n) is 3.86. The van der Waals surface area contributed by atoms with Gasteiger partial charge in [0.25, 0.3) is 0 Å². The van der Waals surface area contributed by atoms with Crippen molar-refractivity contribution in [3.63, 3.8) is 0 Å². The summed E-state index contributed by atoms with van der Waals surface area (Å²) in [6, 6.07) is 0.293. The van der Waals surface area contributed by atoms with Gasteiger partial charge >= 0.3 is 0 Å². The maximum atomic E-state index is 4.63. The third-order valence-electron chi connectivity index (χ3n) is 2.86. The molecule has 0 aliphatic carbocycles. The van der Waals surface area contributed by atoms with Gasteiger partial charge < -0.3 is 5.32 Å². The van der Waals surface area contributed by atoms with Crippen LogP contribution >= 0.6 is 11.3 Å². The normalized spacial score (nSPS) is 13.0. The zero-order valence-corrected chi connectivity index (χ0v) is 10.8. The summed E-state index contributed by atoms with van der Waals surface area (Å²) >= 11 is 1.67. The predicted octanol–water partition coefficient (Wildman–Crippen LogP) is 2.13. The summed E-state index contributed by atoms with van der Waals surface area (Å²) < 4.78 is 1.87. The first kappa shape index (κ1) is 11.3. The van der Waals surface area contributed by atoms with Gasteiger partial charge in [0, 0.05) is 24.2 Å². The average molecular weight is 236 g/mol. The van der Waals surface area contributed by atoms with Crippen molar-refractivity contribution in [2.45, 2.75) is 19.9 Å². The van der Waals surface area contributed by atoms with Crippen molar-refractivity contribution in [2.75, 3.05) is 7.05 Å². The molecule has 0 radical (unpaired) electrons. The van der Waals surface area contributed by atoms with Gasteiger partial charge in [-0.15, -0.1) is 11.3 Å². The van der Waals surface area contributed by atoms with E-state index < -0.39 is 0 Å². The average Bonchev–Trinajstić information content (AvgIpc) is 2.87. The molecule has 0 aliphatic rings. The Balaban J connectivity index is 2.35. The van der Waals surface area contributed by atoms with Crippen molar-refractivity contribution in [2.24, 2.45) is 7.05 Å². The van der Waals surface area contributed by atoms with Crippen molar-refractivity contribution in [3.8, 4) is 10.6 Å². The highest BCUT2D eigenvalue weighted by molar-refractivity contribution is 7.13. The molecule has 0 aromatic carbocycles. The lowest BCUT2D eigenvalue weighted by atomic mass is 10.2. The summed E-state index contributed by atoms with van der Waals surface area (Å²) in [6.07, 6.45) is 1.88. The van der Waals surface area contributed by atoms with Gasteiger partial charge in [-0.2, -0.15) is 5.10 Å². The first-order valence-corrected chi connectivity index (χ1v) is 6.13. The van der Waals surface area contributed by atoms with E-state index in [0.717, 1.165) is 22.0 Å². The van der Waals surface area contributed by atoms with Gasteiger partial charge in [-0.3, -0.25) is 4.68 Å². The van der Waals surface area contributed by atoms with Crippen LogP contribution < -0.4 is 5.32 Å². The Labute approximate surface area is 99.3 Å². The summed E-state index contributed by atoms with van der Waals surface area (Å²) in [4.78, 5) is 4.63. The molecular formula is C11H16N4S. The van der Waals surface area contributed by atoms with Crippen molar-refractivity contribution < 1.29 is 0 Å². The van der Waals surface area contributed by atoms with Gasteiger partial charge in [0.2, 0.25) is 0 Å². The van der Waals surface area contributed by atoms with Crippen LogP contribution in [0.5, 0.6) is 0 Å².